The zero-order valence-electron chi connectivity index (χ0n) is 24.4. The van der Waals surface area contributed by atoms with E-state index in [1.54, 1.807) is 11.0 Å². The predicted octanol–water partition coefficient (Wildman–Crippen LogP) is 3.97. The molecule has 3 aromatic rings. The van der Waals surface area contributed by atoms with Gasteiger partial charge in [0.2, 0.25) is 0 Å². The van der Waals surface area contributed by atoms with Gasteiger partial charge in [-0.05, 0) is 40.0 Å². The quantitative estimate of drug-likeness (QED) is 0.427. The lowest BCUT2D eigenvalue weighted by atomic mass is 10.0. The number of carbonyl (C=O) groups excluding carboxylic acids is 1. The first-order chi connectivity index (χ1) is 20.4. The van der Waals surface area contributed by atoms with Crippen LogP contribution in [-0.2, 0) is 4.74 Å². The number of nitrogens with zero attached hydrogens (tertiary/aromatic N) is 5. The first-order valence-corrected chi connectivity index (χ1v) is 14.0. The number of halogens is 4. The second kappa shape index (κ2) is 12.0. The molecule has 0 radical (unpaired) electrons. The van der Waals surface area contributed by atoms with Gasteiger partial charge in [0.15, 0.2) is 5.82 Å². The molecular weight excluding hydrogens is 568 g/mol. The smallest absolute Gasteiger partial charge is 0.264 e. The maximum atomic E-state index is 16.7. The van der Waals surface area contributed by atoms with Gasteiger partial charge < -0.3 is 20.3 Å². The standard InChI is InChI=1S/C30H34F4N6O3/c1-16-12-39(13-17(2)37(16)4)23-10-22(31)26(19-5-6-24(36-11-19)38-7-8-43-18(3)14-38)27(32)28(23)40-15-21(30(35)42)20(29(33)34)9-25(40)41/h5-6,9-11,15-18,29H,7-8,12-14H2,1-4H3,(H2,35,42)/t16-,17+,18?. The number of hydrogen-bond donors (Lipinski definition) is 1. The maximum Gasteiger partial charge on any atom is 0.264 e. The van der Waals surface area contributed by atoms with Crippen molar-refractivity contribution in [1.29, 1.82) is 0 Å². The van der Waals surface area contributed by atoms with Gasteiger partial charge in [0, 0.05) is 73.9 Å². The second-order valence-corrected chi connectivity index (χ2v) is 11.2. The third kappa shape index (κ3) is 5.83. The van der Waals surface area contributed by atoms with Crippen LogP contribution in [0, 0.1) is 11.6 Å². The van der Waals surface area contributed by atoms with Crippen molar-refractivity contribution in [1.82, 2.24) is 14.5 Å². The third-order valence-electron chi connectivity index (χ3n) is 8.30. The Hall–Kier alpha value is -3.97. The van der Waals surface area contributed by atoms with E-state index >= 15 is 8.78 Å². The number of pyridine rings is 2. The van der Waals surface area contributed by atoms with Crippen LogP contribution in [0.15, 0.2) is 41.5 Å². The number of benzene rings is 1. The monoisotopic (exact) mass is 602 g/mol. The molecule has 2 N–H and O–H groups in total. The van der Waals surface area contributed by atoms with Crippen molar-refractivity contribution in [3.8, 4) is 16.8 Å². The van der Waals surface area contributed by atoms with Crippen LogP contribution in [-0.4, -0.2) is 78.4 Å². The van der Waals surface area contributed by atoms with Gasteiger partial charge in [0.1, 0.15) is 17.3 Å². The Morgan fingerprint density at radius 1 is 1.07 bits per heavy atom. The van der Waals surface area contributed by atoms with Gasteiger partial charge in [0.05, 0.1) is 29.5 Å². The number of rotatable bonds is 6. The molecule has 1 amide bonds. The van der Waals surface area contributed by atoms with Crippen LogP contribution in [0.1, 0.15) is 43.1 Å². The lowest BCUT2D eigenvalue weighted by Gasteiger charge is -2.44. The van der Waals surface area contributed by atoms with Crippen LogP contribution < -0.4 is 21.1 Å². The fourth-order valence-corrected chi connectivity index (χ4v) is 5.79. The fourth-order valence-electron chi connectivity index (χ4n) is 5.79. The Morgan fingerprint density at radius 3 is 2.35 bits per heavy atom. The Kier molecular flexibility index (Phi) is 8.48. The van der Waals surface area contributed by atoms with Gasteiger partial charge in [-0.1, -0.05) is 0 Å². The number of primary amides is 1. The maximum absolute atomic E-state index is 16.7. The summed E-state index contributed by atoms with van der Waals surface area (Å²) in [6, 6.07) is 4.85. The van der Waals surface area contributed by atoms with Gasteiger partial charge >= 0.3 is 0 Å². The topological polar surface area (TPSA) is 96.9 Å². The van der Waals surface area contributed by atoms with Crippen molar-refractivity contribution in [3.63, 3.8) is 0 Å². The molecule has 43 heavy (non-hydrogen) atoms. The number of alkyl halides is 2. The van der Waals surface area contributed by atoms with E-state index in [1.807, 2.05) is 32.7 Å². The SMILES string of the molecule is CC1CN(c2ccc(-c3c(F)cc(N4C[C@@H](C)N(C)[C@@H](C)C4)c(-n4cc(C(N)=O)c(C(F)F)cc4=O)c3F)cn2)CCO1. The molecule has 4 heterocycles. The lowest BCUT2D eigenvalue weighted by Crippen LogP contribution is -2.55. The number of aromatic nitrogens is 2. The molecule has 1 unspecified atom stereocenters. The van der Waals surface area contributed by atoms with Crippen molar-refractivity contribution in [2.75, 3.05) is 49.6 Å². The highest BCUT2D eigenvalue weighted by molar-refractivity contribution is 5.94. The number of morpholine rings is 1. The molecule has 2 aliphatic rings. The molecule has 0 saturated carbocycles. The Morgan fingerprint density at radius 2 is 1.77 bits per heavy atom. The molecule has 2 aliphatic heterocycles. The molecule has 2 saturated heterocycles. The van der Waals surface area contributed by atoms with E-state index in [1.165, 1.54) is 12.3 Å². The summed E-state index contributed by atoms with van der Waals surface area (Å²) in [5.74, 6) is -2.60. The van der Waals surface area contributed by atoms with Crippen LogP contribution in [0.25, 0.3) is 16.8 Å². The third-order valence-corrected chi connectivity index (χ3v) is 8.30. The summed E-state index contributed by atoms with van der Waals surface area (Å²) in [5.41, 5.74) is 2.17. The Bertz CT molecular complexity index is 1570. The largest absolute Gasteiger partial charge is 0.375 e. The van der Waals surface area contributed by atoms with Crippen LogP contribution in [0.5, 0.6) is 0 Å². The summed E-state index contributed by atoms with van der Waals surface area (Å²) in [7, 11) is 1.94. The van der Waals surface area contributed by atoms with Gasteiger partial charge in [-0.25, -0.2) is 22.5 Å². The summed E-state index contributed by atoms with van der Waals surface area (Å²) >= 11 is 0. The number of nitrogens with two attached hydrogens (primary N) is 1. The van der Waals surface area contributed by atoms with Crippen molar-refractivity contribution in [2.45, 2.75) is 45.4 Å². The highest BCUT2D eigenvalue weighted by Crippen LogP contribution is 2.38. The first kappa shape index (κ1) is 30.5. The number of piperazine rings is 1. The summed E-state index contributed by atoms with van der Waals surface area (Å²) in [4.78, 5) is 35.7. The number of anilines is 2. The van der Waals surface area contributed by atoms with Crippen LogP contribution in [0.2, 0.25) is 0 Å². The molecule has 9 nitrogen and oxygen atoms in total. The van der Waals surface area contributed by atoms with Gasteiger partial charge in [-0.15, -0.1) is 0 Å². The minimum atomic E-state index is -3.17. The zero-order chi connectivity index (χ0) is 31.2. The van der Waals surface area contributed by atoms with E-state index in [0.717, 1.165) is 16.8 Å². The van der Waals surface area contributed by atoms with E-state index in [9.17, 15) is 18.4 Å². The van der Waals surface area contributed by atoms with E-state index in [4.69, 9.17) is 10.5 Å². The summed E-state index contributed by atoms with van der Waals surface area (Å²) < 4.78 is 66.3. The van der Waals surface area contributed by atoms with Gasteiger partial charge in [0.25, 0.3) is 17.9 Å². The zero-order valence-corrected chi connectivity index (χ0v) is 24.4. The van der Waals surface area contributed by atoms with Crippen LogP contribution >= 0.6 is 0 Å². The molecular formula is C30H34F4N6O3. The molecule has 0 aliphatic carbocycles. The minimum absolute atomic E-state index is 0.000272. The molecule has 13 heteroatoms. The lowest BCUT2D eigenvalue weighted by molar-refractivity contribution is 0.0529. The second-order valence-electron chi connectivity index (χ2n) is 11.2. The molecule has 230 valence electrons. The highest BCUT2D eigenvalue weighted by Gasteiger charge is 2.32. The minimum Gasteiger partial charge on any atom is -0.375 e. The van der Waals surface area contributed by atoms with Gasteiger partial charge in [-0.3, -0.25) is 19.1 Å². The average Bonchev–Trinajstić information content (AvgIpc) is 2.95. The molecule has 0 bridgehead atoms. The average molecular weight is 603 g/mol. The first-order valence-electron chi connectivity index (χ1n) is 14.0. The summed E-state index contributed by atoms with van der Waals surface area (Å²) in [6.07, 6.45) is -1.02. The Balaban J connectivity index is 1.69. The molecule has 5 rings (SSSR count). The molecule has 1 aromatic carbocycles. The highest BCUT2D eigenvalue weighted by atomic mass is 19.3. The normalized spacial score (nSPS) is 21.5. The van der Waals surface area contributed by atoms with Crippen LogP contribution in [0.4, 0.5) is 29.1 Å². The summed E-state index contributed by atoms with van der Waals surface area (Å²) in [6.45, 7) is 8.33. The number of hydrogen-bond acceptors (Lipinski definition) is 7. The van der Waals surface area contributed by atoms with E-state index in [2.05, 4.69) is 9.88 Å². The van der Waals surface area contributed by atoms with Crippen molar-refractivity contribution in [3.05, 3.63) is 69.8 Å². The predicted molar refractivity (Wildman–Crippen MR) is 155 cm³/mol. The number of amides is 1. The van der Waals surface area contributed by atoms with Crippen molar-refractivity contribution >= 4 is 17.4 Å². The molecule has 2 aromatic heterocycles. The van der Waals surface area contributed by atoms with E-state index in [-0.39, 0.29) is 35.1 Å². The number of carbonyl (C=O) groups is 1. The summed E-state index contributed by atoms with van der Waals surface area (Å²) in [5, 5.41) is 0. The molecule has 3 atom stereocenters. The van der Waals surface area contributed by atoms with E-state index < -0.39 is 46.2 Å². The fraction of sp³-hybridized carbons (Fsp3) is 0.433. The molecule has 0 spiro atoms. The number of ether oxygens (including phenoxy) is 1. The Labute approximate surface area is 246 Å². The number of likely N-dealkylation sites (N-methyl/N-ethyl adjacent to an activating group) is 1. The molecule has 2 fully saturated rings. The van der Waals surface area contributed by atoms with Crippen molar-refractivity contribution in [2.24, 2.45) is 5.73 Å². The van der Waals surface area contributed by atoms with Crippen molar-refractivity contribution < 1.29 is 27.1 Å². The van der Waals surface area contributed by atoms with Gasteiger partial charge in [-0.2, -0.15) is 0 Å². The van der Waals surface area contributed by atoms with Crippen LogP contribution in [0.3, 0.4) is 0 Å². The van der Waals surface area contributed by atoms with E-state index in [0.29, 0.717) is 44.7 Å².